The first-order chi connectivity index (χ1) is 4.66. The molecule has 3 nitrogen and oxygen atoms in total. The van der Waals surface area contributed by atoms with Gasteiger partial charge >= 0.3 is 0 Å². The van der Waals surface area contributed by atoms with Crippen LogP contribution in [0.1, 0.15) is 13.3 Å². The standard InChI is InChI=1S/C7H18N2O/c1-7(10)6-9(2)5-3-4-8/h7,10H,3-6,8H2,1-2H3/t7-/m1/s1. The maximum atomic E-state index is 8.95. The lowest BCUT2D eigenvalue weighted by Crippen LogP contribution is -2.29. The summed E-state index contributed by atoms with van der Waals surface area (Å²) < 4.78 is 0. The molecule has 0 aliphatic carbocycles. The number of hydrogen-bond donors (Lipinski definition) is 2. The van der Waals surface area contributed by atoms with E-state index in [1.54, 1.807) is 6.92 Å². The van der Waals surface area contributed by atoms with Crippen molar-refractivity contribution in [2.45, 2.75) is 19.4 Å². The summed E-state index contributed by atoms with van der Waals surface area (Å²) in [7, 11) is 1.99. The Kier molecular flexibility index (Phi) is 5.58. The van der Waals surface area contributed by atoms with Gasteiger partial charge in [-0.1, -0.05) is 0 Å². The highest BCUT2D eigenvalue weighted by molar-refractivity contribution is 4.55. The highest BCUT2D eigenvalue weighted by atomic mass is 16.3. The Balaban J connectivity index is 3.16. The van der Waals surface area contributed by atoms with E-state index in [4.69, 9.17) is 10.8 Å². The van der Waals surface area contributed by atoms with Crippen molar-refractivity contribution in [1.29, 1.82) is 0 Å². The fourth-order valence-corrected chi connectivity index (χ4v) is 0.904. The van der Waals surface area contributed by atoms with Gasteiger partial charge < -0.3 is 15.7 Å². The van der Waals surface area contributed by atoms with Crippen LogP contribution >= 0.6 is 0 Å². The van der Waals surface area contributed by atoms with Crippen molar-refractivity contribution in [3.63, 3.8) is 0 Å². The van der Waals surface area contributed by atoms with Crippen molar-refractivity contribution in [3.8, 4) is 0 Å². The van der Waals surface area contributed by atoms with E-state index in [1.807, 2.05) is 7.05 Å². The molecule has 1 atom stereocenters. The molecular weight excluding hydrogens is 128 g/mol. The van der Waals surface area contributed by atoms with Gasteiger partial charge in [0.1, 0.15) is 0 Å². The second-order valence-corrected chi connectivity index (χ2v) is 2.75. The van der Waals surface area contributed by atoms with E-state index in [2.05, 4.69) is 4.90 Å². The van der Waals surface area contributed by atoms with Crippen LogP contribution < -0.4 is 5.73 Å². The van der Waals surface area contributed by atoms with Crippen molar-refractivity contribution in [1.82, 2.24) is 4.90 Å². The molecule has 62 valence electrons. The first-order valence-electron chi connectivity index (χ1n) is 3.73. The van der Waals surface area contributed by atoms with Crippen LogP contribution in [0.15, 0.2) is 0 Å². The summed E-state index contributed by atoms with van der Waals surface area (Å²) in [5.41, 5.74) is 5.32. The molecule has 0 aliphatic heterocycles. The number of nitrogens with two attached hydrogens (primary N) is 1. The second-order valence-electron chi connectivity index (χ2n) is 2.75. The van der Waals surface area contributed by atoms with Crippen LogP contribution in [0.5, 0.6) is 0 Å². The van der Waals surface area contributed by atoms with Gasteiger partial charge in [0, 0.05) is 6.54 Å². The number of aliphatic hydroxyl groups is 1. The van der Waals surface area contributed by atoms with Crippen LogP contribution in [0.2, 0.25) is 0 Å². The smallest absolute Gasteiger partial charge is 0.0638 e. The Labute approximate surface area is 62.8 Å². The highest BCUT2D eigenvalue weighted by Crippen LogP contribution is 1.88. The lowest BCUT2D eigenvalue weighted by Gasteiger charge is -2.17. The van der Waals surface area contributed by atoms with Crippen LogP contribution in [0, 0.1) is 0 Å². The monoisotopic (exact) mass is 146 g/mol. The number of hydrogen-bond acceptors (Lipinski definition) is 3. The second kappa shape index (κ2) is 5.65. The molecular formula is C7H18N2O. The largest absolute Gasteiger partial charge is 0.392 e. The minimum Gasteiger partial charge on any atom is -0.392 e. The van der Waals surface area contributed by atoms with Gasteiger partial charge in [0.05, 0.1) is 6.10 Å². The fourth-order valence-electron chi connectivity index (χ4n) is 0.904. The van der Waals surface area contributed by atoms with Crippen molar-refractivity contribution >= 4 is 0 Å². The number of rotatable bonds is 5. The van der Waals surface area contributed by atoms with Crippen molar-refractivity contribution in [2.75, 3.05) is 26.7 Å². The molecule has 0 aromatic carbocycles. The SMILES string of the molecule is C[C@@H](O)CN(C)CCCN. The third kappa shape index (κ3) is 6.01. The molecule has 10 heavy (non-hydrogen) atoms. The summed E-state index contributed by atoms with van der Waals surface area (Å²) in [5.74, 6) is 0. The van der Waals surface area contributed by atoms with Gasteiger partial charge in [-0.3, -0.25) is 0 Å². The third-order valence-electron chi connectivity index (χ3n) is 1.32. The fraction of sp³-hybridized carbons (Fsp3) is 1.00. The minimum atomic E-state index is -0.234. The van der Waals surface area contributed by atoms with Crippen LogP contribution in [0.25, 0.3) is 0 Å². The van der Waals surface area contributed by atoms with E-state index < -0.39 is 0 Å². The summed E-state index contributed by atoms with van der Waals surface area (Å²) in [4.78, 5) is 2.08. The Hall–Kier alpha value is -0.120. The normalized spacial score (nSPS) is 14.1. The molecule has 0 spiro atoms. The Bertz CT molecular complexity index is 76.0. The number of likely N-dealkylation sites (N-methyl/N-ethyl adjacent to an activating group) is 1. The topological polar surface area (TPSA) is 49.5 Å². The minimum absolute atomic E-state index is 0.234. The van der Waals surface area contributed by atoms with Crippen LogP contribution in [0.3, 0.4) is 0 Å². The summed E-state index contributed by atoms with van der Waals surface area (Å²) in [6.07, 6.45) is 0.770. The van der Waals surface area contributed by atoms with Gasteiger partial charge in [-0.25, -0.2) is 0 Å². The first kappa shape index (κ1) is 9.88. The molecule has 0 saturated heterocycles. The number of aliphatic hydroxyl groups excluding tert-OH is 1. The van der Waals surface area contributed by atoms with E-state index in [0.29, 0.717) is 0 Å². The lowest BCUT2D eigenvalue weighted by atomic mass is 10.3. The lowest BCUT2D eigenvalue weighted by molar-refractivity contribution is 0.141. The molecule has 0 amide bonds. The third-order valence-corrected chi connectivity index (χ3v) is 1.32. The molecule has 0 aromatic rings. The molecule has 3 heteroatoms. The summed E-state index contributed by atoms with van der Waals surface area (Å²) in [5, 5.41) is 8.95. The quantitative estimate of drug-likeness (QED) is 0.557. The van der Waals surface area contributed by atoms with Crippen molar-refractivity contribution in [3.05, 3.63) is 0 Å². The first-order valence-corrected chi connectivity index (χ1v) is 3.73. The Morgan fingerprint density at radius 1 is 1.60 bits per heavy atom. The van der Waals surface area contributed by atoms with Gasteiger partial charge in [0.15, 0.2) is 0 Å². The Morgan fingerprint density at radius 3 is 2.60 bits per heavy atom. The van der Waals surface area contributed by atoms with E-state index in [0.717, 1.165) is 26.1 Å². The van der Waals surface area contributed by atoms with E-state index in [9.17, 15) is 0 Å². The average Bonchev–Trinajstić information content (AvgIpc) is 1.82. The van der Waals surface area contributed by atoms with E-state index >= 15 is 0 Å². The van der Waals surface area contributed by atoms with Gasteiger partial charge in [-0.05, 0) is 33.5 Å². The molecule has 0 radical (unpaired) electrons. The summed E-state index contributed by atoms with van der Waals surface area (Å²) in [6, 6.07) is 0. The zero-order valence-electron chi connectivity index (χ0n) is 6.88. The van der Waals surface area contributed by atoms with Crippen LogP contribution in [-0.4, -0.2) is 42.8 Å². The molecule has 0 aromatic heterocycles. The Morgan fingerprint density at radius 2 is 2.20 bits per heavy atom. The van der Waals surface area contributed by atoms with E-state index in [-0.39, 0.29) is 6.10 Å². The molecule has 0 heterocycles. The van der Waals surface area contributed by atoms with Crippen molar-refractivity contribution in [2.24, 2.45) is 5.73 Å². The summed E-state index contributed by atoms with van der Waals surface area (Å²) >= 11 is 0. The van der Waals surface area contributed by atoms with Gasteiger partial charge in [0.2, 0.25) is 0 Å². The number of nitrogens with zero attached hydrogens (tertiary/aromatic N) is 1. The van der Waals surface area contributed by atoms with Gasteiger partial charge in [0.25, 0.3) is 0 Å². The molecule has 0 rings (SSSR count). The van der Waals surface area contributed by atoms with Crippen LogP contribution in [-0.2, 0) is 0 Å². The van der Waals surface area contributed by atoms with Gasteiger partial charge in [-0.15, -0.1) is 0 Å². The highest BCUT2D eigenvalue weighted by Gasteiger charge is 2.00. The molecule has 0 saturated carbocycles. The molecule has 0 fully saturated rings. The average molecular weight is 146 g/mol. The molecule has 3 N–H and O–H groups in total. The molecule has 0 bridgehead atoms. The predicted octanol–water partition coefficient (Wildman–Crippen LogP) is -0.352. The van der Waals surface area contributed by atoms with Crippen LogP contribution in [0.4, 0.5) is 0 Å². The molecule has 0 unspecified atom stereocenters. The van der Waals surface area contributed by atoms with Gasteiger partial charge in [-0.2, -0.15) is 0 Å². The molecule has 0 aliphatic rings. The summed E-state index contributed by atoms with van der Waals surface area (Å²) in [6.45, 7) is 4.23. The predicted molar refractivity (Wildman–Crippen MR) is 42.8 cm³/mol. The zero-order chi connectivity index (χ0) is 7.98. The zero-order valence-corrected chi connectivity index (χ0v) is 6.88. The maximum absolute atomic E-state index is 8.95. The maximum Gasteiger partial charge on any atom is 0.0638 e. The van der Waals surface area contributed by atoms with E-state index in [1.165, 1.54) is 0 Å². The van der Waals surface area contributed by atoms with Crippen molar-refractivity contribution < 1.29 is 5.11 Å².